The molecule has 1 aliphatic carbocycles. The average Bonchev–Trinajstić information content (AvgIpc) is 3.18. The van der Waals surface area contributed by atoms with Crippen molar-refractivity contribution in [2.24, 2.45) is 11.3 Å². The zero-order valence-electron chi connectivity index (χ0n) is 19.3. The van der Waals surface area contributed by atoms with Crippen LogP contribution in [0.3, 0.4) is 0 Å². The maximum atomic E-state index is 13.8. The minimum absolute atomic E-state index is 0.00977. The number of carbonyl (C=O) groups excluding carboxylic acids is 2. The lowest BCUT2D eigenvalue weighted by Gasteiger charge is -2.61. The lowest BCUT2D eigenvalue weighted by Crippen LogP contribution is -2.71. The third kappa shape index (κ3) is 1.94. The first-order valence-corrected chi connectivity index (χ1v) is 11.4. The summed E-state index contributed by atoms with van der Waals surface area (Å²) in [6, 6.07) is 6.56. The number of rotatable bonds is 3. The average molecular weight is 439 g/mol. The summed E-state index contributed by atoms with van der Waals surface area (Å²) in [7, 11) is 5.26. The Morgan fingerprint density at radius 2 is 2.03 bits per heavy atom. The third-order valence-corrected chi connectivity index (χ3v) is 9.27. The standard InChI is InChI=1S/C25H30N2O5/c1-6-14-12-27-19-10-17(14)25(23(29)31-5)20(27)11-24(22(25)32-13(2)28)16-8-7-15(30-4)9-18(16)26(3)21(19)24/h6-9,17,19-22H,10-12H2,1-5H3. The van der Waals surface area contributed by atoms with Gasteiger partial charge in [-0.05, 0) is 31.4 Å². The molecule has 8 unspecified atom stereocenters. The van der Waals surface area contributed by atoms with Gasteiger partial charge in [0.15, 0.2) is 0 Å². The summed E-state index contributed by atoms with van der Waals surface area (Å²) in [6.07, 6.45) is 3.21. The maximum Gasteiger partial charge on any atom is 0.317 e. The van der Waals surface area contributed by atoms with E-state index in [0.29, 0.717) is 0 Å². The number of nitrogens with zero attached hydrogens (tertiary/aromatic N) is 2. The molecule has 6 aliphatic rings. The molecular formula is C25H30N2O5. The lowest BCUT2D eigenvalue weighted by molar-refractivity contribution is -0.187. The topological polar surface area (TPSA) is 68.3 Å². The van der Waals surface area contributed by atoms with Crippen LogP contribution in [0.4, 0.5) is 5.69 Å². The van der Waals surface area contributed by atoms with Gasteiger partial charge in [-0.2, -0.15) is 0 Å². The van der Waals surface area contributed by atoms with Gasteiger partial charge < -0.3 is 19.1 Å². The van der Waals surface area contributed by atoms with Gasteiger partial charge in [0, 0.05) is 50.3 Å². The van der Waals surface area contributed by atoms with Crippen molar-refractivity contribution in [3.63, 3.8) is 0 Å². The van der Waals surface area contributed by atoms with Crippen LogP contribution in [-0.4, -0.2) is 68.9 Å². The van der Waals surface area contributed by atoms with Gasteiger partial charge in [-0.15, -0.1) is 0 Å². The molecule has 1 aromatic rings. The van der Waals surface area contributed by atoms with Gasteiger partial charge >= 0.3 is 11.9 Å². The zero-order valence-corrected chi connectivity index (χ0v) is 19.3. The number of carbonyl (C=O) groups is 2. The number of esters is 2. The van der Waals surface area contributed by atoms with E-state index in [4.69, 9.17) is 14.2 Å². The molecule has 0 aromatic heterocycles. The van der Waals surface area contributed by atoms with Crippen LogP contribution in [0.2, 0.25) is 0 Å². The molecular weight excluding hydrogens is 408 g/mol. The Kier molecular flexibility index (Phi) is 3.94. The number of piperidine rings is 4. The Hall–Kier alpha value is -2.54. The summed E-state index contributed by atoms with van der Waals surface area (Å²) in [5.41, 5.74) is 2.16. The quantitative estimate of drug-likeness (QED) is 0.530. The van der Waals surface area contributed by atoms with E-state index in [1.807, 2.05) is 13.0 Å². The Labute approximate surface area is 188 Å². The van der Waals surface area contributed by atoms with Crippen LogP contribution in [0.1, 0.15) is 32.3 Å². The molecule has 8 atom stereocenters. The minimum atomic E-state index is -0.895. The monoisotopic (exact) mass is 438 g/mol. The predicted octanol–water partition coefficient (Wildman–Crippen LogP) is 2.28. The molecule has 5 aliphatic heterocycles. The van der Waals surface area contributed by atoms with Crippen molar-refractivity contribution in [3.8, 4) is 5.75 Å². The van der Waals surface area contributed by atoms with E-state index >= 15 is 0 Å². The molecule has 1 saturated carbocycles. The molecule has 170 valence electrons. The summed E-state index contributed by atoms with van der Waals surface area (Å²) in [5.74, 6) is 0.225. The number of likely N-dealkylation sites (N-methyl/N-ethyl adjacent to an activating group) is 1. The molecule has 5 heterocycles. The molecule has 0 N–H and O–H groups in total. The van der Waals surface area contributed by atoms with Crippen molar-refractivity contribution >= 4 is 17.6 Å². The van der Waals surface area contributed by atoms with Crippen molar-refractivity contribution in [3.05, 3.63) is 35.4 Å². The smallest absolute Gasteiger partial charge is 0.317 e. The van der Waals surface area contributed by atoms with Crippen molar-refractivity contribution in [2.75, 3.05) is 32.7 Å². The molecule has 1 spiro atoms. The van der Waals surface area contributed by atoms with E-state index < -0.39 is 16.9 Å². The summed E-state index contributed by atoms with van der Waals surface area (Å²) in [4.78, 5) is 31.1. The van der Waals surface area contributed by atoms with E-state index in [9.17, 15) is 9.59 Å². The van der Waals surface area contributed by atoms with Crippen LogP contribution < -0.4 is 9.64 Å². The fourth-order valence-electron chi connectivity index (χ4n) is 8.45. The van der Waals surface area contributed by atoms with E-state index in [0.717, 1.165) is 36.4 Å². The first kappa shape index (κ1) is 20.1. The zero-order chi connectivity index (χ0) is 22.6. The maximum absolute atomic E-state index is 13.8. The highest BCUT2D eigenvalue weighted by molar-refractivity contribution is 5.85. The van der Waals surface area contributed by atoms with E-state index in [2.05, 4.69) is 35.1 Å². The van der Waals surface area contributed by atoms with Crippen LogP contribution >= 0.6 is 0 Å². The molecule has 32 heavy (non-hydrogen) atoms. The SMILES string of the molecule is CC=C1CN2C3CC1C1(C(=O)OC)C2CC2(c4ccc(OC)cc4N(C)C32)C1OC(C)=O. The number of anilines is 1. The Morgan fingerprint density at radius 3 is 2.69 bits per heavy atom. The highest BCUT2D eigenvalue weighted by Gasteiger charge is 2.84. The lowest BCUT2D eigenvalue weighted by atomic mass is 9.58. The van der Waals surface area contributed by atoms with Gasteiger partial charge in [-0.1, -0.05) is 17.7 Å². The van der Waals surface area contributed by atoms with E-state index in [1.165, 1.54) is 19.6 Å². The minimum Gasteiger partial charge on any atom is -0.497 e. The fraction of sp³-hybridized carbons (Fsp3) is 0.600. The molecule has 7 heteroatoms. The molecule has 7 nitrogen and oxygen atoms in total. The van der Waals surface area contributed by atoms with Crippen LogP contribution in [0, 0.1) is 11.3 Å². The van der Waals surface area contributed by atoms with Crippen LogP contribution in [0.5, 0.6) is 5.75 Å². The highest BCUT2D eigenvalue weighted by Crippen LogP contribution is 2.73. The van der Waals surface area contributed by atoms with Crippen molar-refractivity contribution in [2.45, 2.75) is 56.3 Å². The number of hydrogen-bond acceptors (Lipinski definition) is 7. The molecule has 5 fully saturated rings. The second-order valence-electron chi connectivity index (χ2n) is 10.0. The number of hydrogen-bond donors (Lipinski definition) is 0. The van der Waals surface area contributed by atoms with E-state index in [-0.39, 0.29) is 36.0 Å². The number of ether oxygens (including phenoxy) is 3. The Balaban J connectivity index is 1.67. The van der Waals surface area contributed by atoms with Crippen molar-refractivity contribution in [1.29, 1.82) is 0 Å². The Bertz CT molecular complexity index is 1070. The molecule has 0 amide bonds. The third-order valence-electron chi connectivity index (χ3n) is 9.27. The first-order valence-electron chi connectivity index (χ1n) is 11.4. The van der Waals surface area contributed by atoms with Crippen LogP contribution in [-0.2, 0) is 24.5 Å². The predicted molar refractivity (Wildman–Crippen MR) is 118 cm³/mol. The van der Waals surface area contributed by atoms with Gasteiger partial charge in [-0.3, -0.25) is 14.5 Å². The fourth-order valence-corrected chi connectivity index (χ4v) is 8.45. The van der Waals surface area contributed by atoms with Crippen molar-refractivity contribution < 1.29 is 23.8 Å². The van der Waals surface area contributed by atoms with Crippen LogP contribution in [0.25, 0.3) is 0 Å². The highest BCUT2D eigenvalue weighted by atomic mass is 16.6. The summed E-state index contributed by atoms with van der Waals surface area (Å²) in [5, 5.41) is 0. The van der Waals surface area contributed by atoms with Gasteiger partial charge in [0.25, 0.3) is 0 Å². The molecule has 4 saturated heterocycles. The van der Waals surface area contributed by atoms with Gasteiger partial charge in [0.1, 0.15) is 17.3 Å². The Morgan fingerprint density at radius 1 is 1.25 bits per heavy atom. The second kappa shape index (κ2) is 6.28. The first-order chi connectivity index (χ1) is 15.4. The summed E-state index contributed by atoms with van der Waals surface area (Å²) >= 11 is 0. The normalized spacial score (nSPS) is 43.3. The molecule has 7 rings (SSSR count). The molecule has 5 bridgehead atoms. The van der Waals surface area contributed by atoms with Gasteiger partial charge in [-0.25, -0.2) is 0 Å². The number of fused-ring (bicyclic) bond motifs is 2. The van der Waals surface area contributed by atoms with Gasteiger partial charge in [0.2, 0.25) is 0 Å². The number of benzene rings is 1. The summed E-state index contributed by atoms with van der Waals surface area (Å²) in [6.45, 7) is 4.36. The van der Waals surface area contributed by atoms with Crippen LogP contribution in [0.15, 0.2) is 29.8 Å². The van der Waals surface area contributed by atoms with Crippen molar-refractivity contribution in [1.82, 2.24) is 4.90 Å². The second-order valence-corrected chi connectivity index (χ2v) is 10.0. The van der Waals surface area contributed by atoms with Gasteiger partial charge in [0.05, 0.1) is 25.7 Å². The largest absolute Gasteiger partial charge is 0.497 e. The number of allylic oxidation sites excluding steroid dienone is 1. The number of methoxy groups -OCH3 is 2. The molecule has 1 aromatic carbocycles. The summed E-state index contributed by atoms with van der Waals surface area (Å²) < 4.78 is 17.3. The molecule has 0 radical (unpaired) electrons. The van der Waals surface area contributed by atoms with E-state index in [1.54, 1.807) is 7.11 Å².